The number of carbonyl (C=O) groups is 2. The first-order valence-corrected chi connectivity index (χ1v) is 11.5. The molecule has 0 heterocycles. The first kappa shape index (κ1) is 24.6. The molecular formula is C24H24N2O7S. The molecule has 34 heavy (non-hydrogen) atoms. The van der Waals surface area contributed by atoms with Gasteiger partial charge in [-0.05, 0) is 36.4 Å². The van der Waals surface area contributed by atoms with Crippen LogP contribution >= 0.6 is 0 Å². The monoisotopic (exact) mass is 484 g/mol. The Labute approximate surface area is 197 Å². The molecule has 9 nitrogen and oxygen atoms in total. The third kappa shape index (κ3) is 4.96. The second-order valence-electron chi connectivity index (χ2n) is 7.03. The zero-order valence-corrected chi connectivity index (χ0v) is 19.9. The topological polar surface area (TPSA) is 111 Å². The molecular weight excluding hydrogens is 460 g/mol. The number of nitrogens with zero attached hydrogens (tertiary/aromatic N) is 1. The van der Waals surface area contributed by atoms with Gasteiger partial charge in [0.1, 0.15) is 0 Å². The summed E-state index contributed by atoms with van der Waals surface area (Å²) in [4.78, 5) is 25.1. The summed E-state index contributed by atoms with van der Waals surface area (Å²) in [5.41, 5.74) is 0.909. The van der Waals surface area contributed by atoms with E-state index in [-0.39, 0.29) is 27.5 Å². The van der Waals surface area contributed by atoms with E-state index in [1.807, 2.05) is 0 Å². The predicted molar refractivity (Wildman–Crippen MR) is 127 cm³/mol. The highest BCUT2D eigenvalue weighted by Gasteiger charge is 2.23. The molecule has 0 aromatic heterocycles. The molecule has 0 aliphatic heterocycles. The molecule has 0 radical (unpaired) electrons. The summed E-state index contributed by atoms with van der Waals surface area (Å²) in [5.74, 6) is -0.645. The zero-order chi connectivity index (χ0) is 24.9. The van der Waals surface area contributed by atoms with Crippen LogP contribution in [0, 0.1) is 0 Å². The maximum absolute atomic E-state index is 12.9. The van der Waals surface area contributed by atoms with Gasteiger partial charge in [-0.3, -0.25) is 9.10 Å². The van der Waals surface area contributed by atoms with Crippen LogP contribution in [-0.4, -0.2) is 48.7 Å². The predicted octanol–water partition coefficient (Wildman–Crippen LogP) is 3.57. The summed E-state index contributed by atoms with van der Waals surface area (Å²) in [7, 11) is 1.69. The fourth-order valence-electron chi connectivity index (χ4n) is 3.17. The molecule has 1 N–H and O–H groups in total. The molecule has 0 bridgehead atoms. The standard InChI is InChI=1S/C24H24N2O7S/c1-26(17-8-6-5-7-9-17)34(29,30)18-12-10-16(11-13-18)23(27)25-20-15-22(32-3)21(31-2)14-19(20)24(28)33-4/h5-15H,1-4H3,(H,25,27). The third-order valence-corrected chi connectivity index (χ3v) is 6.87. The van der Waals surface area contributed by atoms with Crippen molar-refractivity contribution in [1.29, 1.82) is 0 Å². The fourth-order valence-corrected chi connectivity index (χ4v) is 4.36. The number of amides is 1. The van der Waals surface area contributed by atoms with Crippen molar-refractivity contribution in [3.8, 4) is 11.5 Å². The smallest absolute Gasteiger partial charge is 0.340 e. The summed E-state index contributed by atoms with van der Waals surface area (Å²) >= 11 is 0. The van der Waals surface area contributed by atoms with Crippen LogP contribution in [0.25, 0.3) is 0 Å². The second kappa shape index (κ2) is 10.3. The molecule has 0 saturated heterocycles. The number of methoxy groups -OCH3 is 3. The Kier molecular flexibility index (Phi) is 7.42. The summed E-state index contributed by atoms with van der Waals surface area (Å²) in [6, 6.07) is 16.9. The number of ether oxygens (including phenoxy) is 3. The summed E-state index contributed by atoms with van der Waals surface area (Å²) in [6.07, 6.45) is 0. The maximum atomic E-state index is 12.9. The van der Waals surface area contributed by atoms with E-state index >= 15 is 0 Å². The Morgan fingerprint density at radius 3 is 2.00 bits per heavy atom. The largest absolute Gasteiger partial charge is 0.493 e. The quantitative estimate of drug-likeness (QED) is 0.487. The Morgan fingerprint density at radius 2 is 1.44 bits per heavy atom. The number of esters is 1. The molecule has 0 saturated carbocycles. The Bertz CT molecular complexity index is 1290. The van der Waals surface area contributed by atoms with Crippen LogP contribution in [0.15, 0.2) is 71.6 Å². The Balaban J connectivity index is 1.87. The van der Waals surface area contributed by atoms with E-state index in [0.29, 0.717) is 11.4 Å². The van der Waals surface area contributed by atoms with Crippen molar-refractivity contribution in [2.75, 3.05) is 38.0 Å². The summed E-state index contributed by atoms with van der Waals surface area (Å²) < 4.78 is 42.3. The van der Waals surface area contributed by atoms with E-state index in [1.165, 1.54) is 64.8 Å². The molecule has 1 amide bonds. The van der Waals surface area contributed by atoms with E-state index in [9.17, 15) is 18.0 Å². The molecule has 3 aromatic carbocycles. The molecule has 0 aliphatic rings. The molecule has 0 aliphatic carbocycles. The number of anilines is 2. The van der Waals surface area contributed by atoms with Gasteiger partial charge in [0, 0.05) is 24.7 Å². The fraction of sp³-hybridized carbons (Fsp3) is 0.167. The van der Waals surface area contributed by atoms with Gasteiger partial charge in [-0.15, -0.1) is 0 Å². The average Bonchev–Trinajstić information content (AvgIpc) is 2.87. The number of sulfonamides is 1. The van der Waals surface area contributed by atoms with Gasteiger partial charge in [0.25, 0.3) is 15.9 Å². The summed E-state index contributed by atoms with van der Waals surface area (Å²) in [5, 5.41) is 2.64. The van der Waals surface area contributed by atoms with Crippen molar-refractivity contribution in [1.82, 2.24) is 0 Å². The lowest BCUT2D eigenvalue weighted by Crippen LogP contribution is -2.26. The van der Waals surface area contributed by atoms with Crippen LogP contribution in [0.3, 0.4) is 0 Å². The van der Waals surface area contributed by atoms with E-state index in [2.05, 4.69) is 5.32 Å². The van der Waals surface area contributed by atoms with Crippen LogP contribution in [0.1, 0.15) is 20.7 Å². The van der Waals surface area contributed by atoms with Gasteiger partial charge < -0.3 is 19.5 Å². The van der Waals surface area contributed by atoms with Crippen molar-refractivity contribution >= 4 is 33.3 Å². The van der Waals surface area contributed by atoms with Gasteiger partial charge in [0.05, 0.1) is 43.2 Å². The highest BCUT2D eigenvalue weighted by Crippen LogP contribution is 2.34. The van der Waals surface area contributed by atoms with Crippen molar-refractivity contribution in [2.45, 2.75) is 4.90 Å². The van der Waals surface area contributed by atoms with Gasteiger partial charge in [0.2, 0.25) is 0 Å². The highest BCUT2D eigenvalue weighted by atomic mass is 32.2. The van der Waals surface area contributed by atoms with Crippen molar-refractivity contribution in [2.24, 2.45) is 0 Å². The number of benzene rings is 3. The lowest BCUT2D eigenvalue weighted by molar-refractivity contribution is 0.0601. The van der Waals surface area contributed by atoms with Crippen molar-refractivity contribution in [3.63, 3.8) is 0 Å². The zero-order valence-electron chi connectivity index (χ0n) is 19.1. The first-order chi connectivity index (χ1) is 16.2. The molecule has 0 spiro atoms. The molecule has 3 aromatic rings. The molecule has 0 fully saturated rings. The van der Waals surface area contributed by atoms with E-state index in [1.54, 1.807) is 30.3 Å². The maximum Gasteiger partial charge on any atom is 0.340 e. The second-order valence-corrected chi connectivity index (χ2v) is 9.00. The number of para-hydroxylation sites is 1. The third-order valence-electron chi connectivity index (χ3n) is 5.07. The van der Waals surface area contributed by atoms with Gasteiger partial charge in [-0.1, -0.05) is 18.2 Å². The number of hydrogen-bond acceptors (Lipinski definition) is 7. The average molecular weight is 485 g/mol. The number of rotatable bonds is 8. The normalized spacial score (nSPS) is 10.8. The van der Waals surface area contributed by atoms with Crippen molar-refractivity contribution in [3.05, 3.63) is 77.9 Å². The first-order valence-electron chi connectivity index (χ1n) is 10.0. The van der Waals surface area contributed by atoms with Gasteiger partial charge in [-0.25, -0.2) is 13.2 Å². The van der Waals surface area contributed by atoms with Crippen LogP contribution < -0.4 is 19.1 Å². The SMILES string of the molecule is COC(=O)c1cc(OC)c(OC)cc1NC(=O)c1ccc(S(=O)(=O)N(C)c2ccccc2)cc1. The molecule has 0 atom stereocenters. The molecule has 0 unspecified atom stereocenters. The molecule has 178 valence electrons. The summed E-state index contributed by atoms with van der Waals surface area (Å²) in [6.45, 7) is 0. The lowest BCUT2D eigenvalue weighted by atomic mass is 10.1. The number of nitrogens with one attached hydrogen (secondary N) is 1. The van der Waals surface area contributed by atoms with Crippen LogP contribution in [0.2, 0.25) is 0 Å². The van der Waals surface area contributed by atoms with Crippen LogP contribution in [-0.2, 0) is 14.8 Å². The molecule has 10 heteroatoms. The van der Waals surface area contributed by atoms with Crippen LogP contribution in [0.4, 0.5) is 11.4 Å². The highest BCUT2D eigenvalue weighted by molar-refractivity contribution is 7.92. The minimum absolute atomic E-state index is 0.0248. The van der Waals surface area contributed by atoms with Crippen molar-refractivity contribution < 1.29 is 32.2 Å². The van der Waals surface area contributed by atoms with Gasteiger partial charge >= 0.3 is 5.97 Å². The van der Waals surface area contributed by atoms with E-state index < -0.39 is 21.9 Å². The Hall–Kier alpha value is -4.05. The van der Waals surface area contributed by atoms with Crippen LogP contribution in [0.5, 0.6) is 11.5 Å². The number of carbonyl (C=O) groups excluding carboxylic acids is 2. The Morgan fingerprint density at radius 1 is 0.853 bits per heavy atom. The minimum Gasteiger partial charge on any atom is -0.493 e. The van der Waals surface area contributed by atoms with Gasteiger partial charge in [0.15, 0.2) is 11.5 Å². The van der Waals surface area contributed by atoms with E-state index in [4.69, 9.17) is 14.2 Å². The minimum atomic E-state index is -3.82. The van der Waals surface area contributed by atoms with E-state index in [0.717, 1.165) is 4.31 Å². The number of hydrogen-bond donors (Lipinski definition) is 1. The molecule has 3 rings (SSSR count). The lowest BCUT2D eigenvalue weighted by Gasteiger charge is -2.19. The van der Waals surface area contributed by atoms with Gasteiger partial charge in [-0.2, -0.15) is 0 Å².